The maximum absolute atomic E-state index is 13.0. The molecule has 1 N–H and O–H groups in total. The fraction of sp³-hybridized carbons (Fsp3) is 0.435. The third kappa shape index (κ3) is 5.11. The van der Waals surface area contributed by atoms with Crippen molar-refractivity contribution in [3.63, 3.8) is 0 Å². The van der Waals surface area contributed by atoms with E-state index < -0.39 is 0 Å². The van der Waals surface area contributed by atoms with Gasteiger partial charge in [0, 0.05) is 16.8 Å². The van der Waals surface area contributed by atoms with Gasteiger partial charge in [-0.2, -0.15) is 0 Å². The van der Waals surface area contributed by atoms with Gasteiger partial charge in [-0.25, -0.2) is 4.98 Å². The summed E-state index contributed by atoms with van der Waals surface area (Å²) < 4.78 is 5.97. The van der Waals surface area contributed by atoms with E-state index in [0.29, 0.717) is 29.0 Å². The largest absolute Gasteiger partial charge is 0.477 e. The molecular weight excluding hydrogens is 402 g/mol. The average molecular weight is 428 g/mol. The van der Waals surface area contributed by atoms with Gasteiger partial charge >= 0.3 is 0 Å². The van der Waals surface area contributed by atoms with Crippen molar-refractivity contribution in [1.82, 2.24) is 10.3 Å². The number of aromatic nitrogens is 1. The number of rotatable bonds is 7. The molecule has 0 radical (unpaired) electrons. The number of halogens is 1. The van der Waals surface area contributed by atoms with Gasteiger partial charge in [-0.05, 0) is 61.8 Å². The lowest BCUT2D eigenvalue weighted by Gasteiger charge is -2.24. The van der Waals surface area contributed by atoms with Crippen LogP contribution in [-0.2, 0) is 4.84 Å². The molecular formula is C23H26ClN3O3. The summed E-state index contributed by atoms with van der Waals surface area (Å²) in [6.45, 7) is 0.651. The lowest BCUT2D eigenvalue weighted by molar-refractivity contribution is 0.0942. The Labute approximate surface area is 181 Å². The third-order valence-electron chi connectivity index (χ3n) is 5.51. The van der Waals surface area contributed by atoms with Crippen LogP contribution < -0.4 is 10.1 Å². The fourth-order valence-corrected chi connectivity index (χ4v) is 3.75. The lowest BCUT2D eigenvalue weighted by Crippen LogP contribution is -2.42. The van der Waals surface area contributed by atoms with E-state index in [1.165, 1.54) is 20.0 Å². The van der Waals surface area contributed by atoms with Gasteiger partial charge in [0.05, 0.1) is 23.9 Å². The van der Waals surface area contributed by atoms with E-state index in [-0.39, 0.29) is 11.9 Å². The number of benzene rings is 1. The molecule has 1 aromatic carbocycles. The number of oxime groups is 1. The summed E-state index contributed by atoms with van der Waals surface area (Å²) in [6, 6.07) is 9.19. The zero-order valence-electron chi connectivity index (χ0n) is 17.1. The van der Waals surface area contributed by atoms with Gasteiger partial charge in [0.2, 0.25) is 5.88 Å². The molecule has 0 spiro atoms. The molecule has 2 aliphatic rings. The first-order chi connectivity index (χ1) is 14.6. The number of hydrogen-bond acceptors (Lipinski definition) is 5. The molecule has 1 aromatic heterocycles. The lowest BCUT2D eigenvalue weighted by atomic mass is 9.93. The van der Waals surface area contributed by atoms with E-state index in [4.69, 9.17) is 21.2 Å². The second-order valence-electron chi connectivity index (χ2n) is 7.88. The molecule has 1 atom stereocenters. The molecule has 0 unspecified atom stereocenters. The fourth-order valence-electron chi connectivity index (χ4n) is 3.63. The Kier molecular flexibility index (Phi) is 6.53. The molecule has 2 aliphatic carbocycles. The minimum Gasteiger partial charge on any atom is -0.477 e. The van der Waals surface area contributed by atoms with E-state index in [9.17, 15) is 4.79 Å². The van der Waals surface area contributed by atoms with Crippen LogP contribution in [0.2, 0.25) is 5.02 Å². The molecule has 158 valence electrons. The average Bonchev–Trinajstić information content (AvgIpc) is 3.59. The molecule has 6 nitrogen and oxygen atoms in total. The van der Waals surface area contributed by atoms with E-state index in [2.05, 4.69) is 15.5 Å². The zero-order valence-corrected chi connectivity index (χ0v) is 17.8. The second-order valence-corrected chi connectivity index (χ2v) is 8.31. The third-order valence-corrected chi connectivity index (χ3v) is 5.77. The molecule has 7 heteroatoms. The van der Waals surface area contributed by atoms with Crippen molar-refractivity contribution in [2.75, 3.05) is 13.7 Å². The minimum absolute atomic E-state index is 0.115. The number of carbonyl (C=O) groups excluding carboxylic acids is 1. The summed E-state index contributed by atoms with van der Waals surface area (Å²) in [7, 11) is 1.53. The van der Waals surface area contributed by atoms with Crippen LogP contribution in [0.3, 0.4) is 0 Å². The van der Waals surface area contributed by atoms with Crippen LogP contribution in [0.1, 0.15) is 48.9 Å². The van der Waals surface area contributed by atoms with Crippen molar-refractivity contribution in [2.24, 2.45) is 11.1 Å². The normalized spacial score (nSPS) is 20.1. The Hall–Kier alpha value is -2.60. The van der Waals surface area contributed by atoms with Crippen LogP contribution in [0.5, 0.6) is 5.88 Å². The molecule has 2 saturated carbocycles. The first kappa shape index (κ1) is 20.7. The zero-order chi connectivity index (χ0) is 20.9. The number of carbonyl (C=O) groups is 1. The van der Waals surface area contributed by atoms with Crippen LogP contribution in [0.25, 0.3) is 11.1 Å². The SMILES string of the molecule is CON=C1CCCC[C@@H]1NC(=O)c1cnc(OCC2CC2)c(-c2ccc(Cl)cc2)c1. The minimum atomic E-state index is -0.179. The quantitative estimate of drug-likeness (QED) is 0.640. The van der Waals surface area contributed by atoms with Crippen molar-refractivity contribution in [3.05, 3.63) is 47.1 Å². The Morgan fingerprint density at radius 2 is 2.03 bits per heavy atom. The van der Waals surface area contributed by atoms with Gasteiger partial charge in [0.15, 0.2) is 0 Å². The summed E-state index contributed by atoms with van der Waals surface area (Å²) in [5.41, 5.74) is 3.06. The standard InChI is InChI=1S/C23H26ClN3O3/c1-29-27-21-5-3-2-4-20(21)26-22(28)17-12-19(16-8-10-18(24)11-9-16)23(25-13-17)30-14-15-6-7-15/h8-13,15,20H,2-7,14H2,1H3,(H,26,28)/t20-/m0/s1. The predicted octanol–water partition coefficient (Wildman–Crippen LogP) is 4.87. The highest BCUT2D eigenvalue weighted by Crippen LogP contribution is 2.33. The first-order valence-electron chi connectivity index (χ1n) is 10.4. The summed E-state index contributed by atoms with van der Waals surface area (Å²) in [5, 5.41) is 7.84. The van der Waals surface area contributed by atoms with Crippen LogP contribution in [-0.4, -0.2) is 36.4 Å². The Bertz CT molecular complexity index is 926. The van der Waals surface area contributed by atoms with E-state index >= 15 is 0 Å². The number of pyridine rings is 1. The number of hydrogen-bond donors (Lipinski definition) is 1. The Morgan fingerprint density at radius 1 is 1.23 bits per heavy atom. The molecule has 4 rings (SSSR count). The summed E-state index contributed by atoms with van der Waals surface area (Å²) in [5.74, 6) is 0.972. The highest BCUT2D eigenvalue weighted by atomic mass is 35.5. The number of nitrogens with zero attached hydrogens (tertiary/aromatic N) is 2. The van der Waals surface area contributed by atoms with Crippen molar-refractivity contribution < 1.29 is 14.4 Å². The molecule has 2 aromatic rings. The maximum atomic E-state index is 13.0. The number of amides is 1. The van der Waals surface area contributed by atoms with Crippen molar-refractivity contribution in [3.8, 4) is 17.0 Å². The number of nitrogens with one attached hydrogen (secondary N) is 1. The topological polar surface area (TPSA) is 72.8 Å². The van der Waals surface area contributed by atoms with E-state index in [1.807, 2.05) is 30.3 Å². The van der Waals surface area contributed by atoms with Gasteiger partial charge < -0.3 is 14.9 Å². The van der Waals surface area contributed by atoms with Gasteiger partial charge in [-0.1, -0.05) is 35.3 Å². The molecule has 0 bridgehead atoms. The number of ether oxygens (including phenoxy) is 1. The maximum Gasteiger partial charge on any atom is 0.253 e. The van der Waals surface area contributed by atoms with E-state index in [0.717, 1.165) is 42.5 Å². The smallest absolute Gasteiger partial charge is 0.253 e. The Morgan fingerprint density at radius 3 is 2.77 bits per heavy atom. The highest BCUT2D eigenvalue weighted by molar-refractivity contribution is 6.30. The summed E-state index contributed by atoms with van der Waals surface area (Å²) >= 11 is 6.05. The summed E-state index contributed by atoms with van der Waals surface area (Å²) in [4.78, 5) is 22.4. The van der Waals surface area contributed by atoms with Crippen LogP contribution in [0, 0.1) is 5.92 Å². The molecule has 30 heavy (non-hydrogen) atoms. The van der Waals surface area contributed by atoms with Gasteiger partial charge in [0.1, 0.15) is 7.11 Å². The van der Waals surface area contributed by atoms with Crippen molar-refractivity contribution in [2.45, 2.75) is 44.6 Å². The highest BCUT2D eigenvalue weighted by Gasteiger charge is 2.25. The second kappa shape index (κ2) is 9.47. The van der Waals surface area contributed by atoms with Crippen LogP contribution >= 0.6 is 11.6 Å². The van der Waals surface area contributed by atoms with Crippen molar-refractivity contribution in [1.29, 1.82) is 0 Å². The molecule has 0 saturated heterocycles. The van der Waals surface area contributed by atoms with Gasteiger partial charge in [-0.15, -0.1) is 0 Å². The molecule has 2 fully saturated rings. The van der Waals surface area contributed by atoms with Crippen molar-refractivity contribution >= 4 is 23.2 Å². The monoisotopic (exact) mass is 427 g/mol. The van der Waals surface area contributed by atoms with Gasteiger partial charge in [-0.3, -0.25) is 4.79 Å². The first-order valence-corrected chi connectivity index (χ1v) is 10.8. The molecule has 1 heterocycles. The van der Waals surface area contributed by atoms with Crippen LogP contribution in [0.4, 0.5) is 0 Å². The van der Waals surface area contributed by atoms with E-state index in [1.54, 1.807) is 6.20 Å². The molecule has 0 aliphatic heterocycles. The Balaban J connectivity index is 1.57. The van der Waals surface area contributed by atoms with Gasteiger partial charge in [0.25, 0.3) is 5.91 Å². The molecule has 1 amide bonds. The van der Waals surface area contributed by atoms with Crippen LogP contribution in [0.15, 0.2) is 41.7 Å². The predicted molar refractivity (Wildman–Crippen MR) is 117 cm³/mol. The summed E-state index contributed by atoms with van der Waals surface area (Å²) in [6.07, 6.45) is 7.77.